The summed E-state index contributed by atoms with van der Waals surface area (Å²) in [5.41, 5.74) is 2.11. The van der Waals surface area contributed by atoms with Gasteiger partial charge in [-0.1, -0.05) is 54.2 Å². The Balaban J connectivity index is 1.60. The molecule has 0 fully saturated rings. The van der Waals surface area contributed by atoms with Gasteiger partial charge in [-0.3, -0.25) is 4.79 Å². The molecule has 1 heterocycles. The molecule has 0 aliphatic rings. The number of nitriles is 1. The van der Waals surface area contributed by atoms with Gasteiger partial charge in [0.05, 0.1) is 17.0 Å². The summed E-state index contributed by atoms with van der Waals surface area (Å²) in [6.45, 7) is 0. The standard InChI is InChI=1S/C19H17N5OS/c1-24-17(11-14-7-3-2-4-8-14)22-23-19(24)26-13-18(25)21-16-10-6-5-9-15(16)12-20/h2-10H,11,13H2,1H3,(H,21,25). The van der Waals surface area contributed by atoms with Crippen LogP contribution in [0.4, 0.5) is 5.69 Å². The molecule has 130 valence electrons. The van der Waals surface area contributed by atoms with Gasteiger partial charge >= 0.3 is 0 Å². The van der Waals surface area contributed by atoms with E-state index < -0.39 is 0 Å². The molecule has 0 aliphatic heterocycles. The average Bonchev–Trinajstić information content (AvgIpc) is 3.01. The van der Waals surface area contributed by atoms with E-state index in [2.05, 4.69) is 21.6 Å². The summed E-state index contributed by atoms with van der Waals surface area (Å²) < 4.78 is 1.90. The Bertz CT molecular complexity index is 946. The minimum atomic E-state index is -0.190. The Hall–Kier alpha value is -3.11. The van der Waals surface area contributed by atoms with Gasteiger partial charge in [0.15, 0.2) is 5.16 Å². The summed E-state index contributed by atoms with van der Waals surface area (Å²) in [6.07, 6.45) is 0.687. The van der Waals surface area contributed by atoms with Crippen molar-refractivity contribution < 1.29 is 4.79 Å². The third-order valence-electron chi connectivity index (χ3n) is 3.78. The highest BCUT2D eigenvalue weighted by Crippen LogP contribution is 2.19. The van der Waals surface area contributed by atoms with Gasteiger partial charge in [0.1, 0.15) is 11.9 Å². The number of rotatable bonds is 6. The number of nitrogens with zero attached hydrogens (tertiary/aromatic N) is 4. The molecule has 26 heavy (non-hydrogen) atoms. The van der Waals surface area contributed by atoms with Crippen LogP contribution < -0.4 is 5.32 Å². The molecule has 1 N–H and O–H groups in total. The predicted molar refractivity (Wildman–Crippen MR) is 101 cm³/mol. The second-order valence-electron chi connectivity index (χ2n) is 5.61. The number of benzene rings is 2. The summed E-state index contributed by atoms with van der Waals surface area (Å²) >= 11 is 1.31. The smallest absolute Gasteiger partial charge is 0.234 e. The molecule has 7 heteroatoms. The third-order valence-corrected chi connectivity index (χ3v) is 4.80. The van der Waals surface area contributed by atoms with Crippen molar-refractivity contribution in [3.05, 3.63) is 71.5 Å². The lowest BCUT2D eigenvalue weighted by Crippen LogP contribution is -2.15. The summed E-state index contributed by atoms with van der Waals surface area (Å²) in [5, 5.41) is 20.9. The highest BCUT2D eigenvalue weighted by Gasteiger charge is 2.13. The molecule has 0 bridgehead atoms. The van der Waals surface area contributed by atoms with Crippen LogP contribution in [0.3, 0.4) is 0 Å². The monoisotopic (exact) mass is 363 g/mol. The van der Waals surface area contributed by atoms with Crippen molar-refractivity contribution in [1.29, 1.82) is 5.26 Å². The number of amides is 1. The maximum Gasteiger partial charge on any atom is 0.234 e. The van der Waals surface area contributed by atoms with Gasteiger partial charge in [-0.25, -0.2) is 0 Å². The predicted octanol–water partition coefficient (Wildman–Crippen LogP) is 3.01. The molecule has 0 radical (unpaired) electrons. The molecule has 2 aromatic carbocycles. The quantitative estimate of drug-likeness (QED) is 0.681. The van der Waals surface area contributed by atoms with E-state index in [1.807, 2.05) is 41.9 Å². The van der Waals surface area contributed by atoms with Gasteiger partial charge < -0.3 is 9.88 Å². The lowest BCUT2D eigenvalue weighted by Gasteiger charge is -2.07. The van der Waals surface area contributed by atoms with Crippen LogP contribution in [0.15, 0.2) is 59.8 Å². The highest BCUT2D eigenvalue weighted by molar-refractivity contribution is 7.99. The van der Waals surface area contributed by atoms with E-state index in [0.29, 0.717) is 22.8 Å². The first kappa shape index (κ1) is 17.7. The fourth-order valence-electron chi connectivity index (χ4n) is 2.41. The van der Waals surface area contributed by atoms with Crippen LogP contribution in [-0.2, 0) is 18.3 Å². The molecular weight excluding hydrogens is 346 g/mol. The number of anilines is 1. The zero-order valence-corrected chi connectivity index (χ0v) is 15.0. The van der Waals surface area contributed by atoms with Gasteiger partial charge in [-0.2, -0.15) is 5.26 Å². The third kappa shape index (κ3) is 4.29. The number of hydrogen-bond donors (Lipinski definition) is 1. The Morgan fingerprint density at radius 1 is 1.15 bits per heavy atom. The van der Waals surface area contributed by atoms with Crippen LogP contribution in [0.5, 0.6) is 0 Å². The molecule has 0 spiro atoms. The summed E-state index contributed by atoms with van der Waals surface area (Å²) in [4.78, 5) is 12.2. The van der Waals surface area contributed by atoms with Crippen LogP contribution in [0.2, 0.25) is 0 Å². The Morgan fingerprint density at radius 2 is 1.88 bits per heavy atom. The molecule has 0 atom stereocenters. The molecule has 6 nitrogen and oxygen atoms in total. The van der Waals surface area contributed by atoms with Gasteiger partial charge in [0.25, 0.3) is 0 Å². The maximum atomic E-state index is 12.2. The number of aromatic nitrogens is 3. The number of carbonyl (C=O) groups is 1. The molecule has 0 saturated heterocycles. The van der Waals surface area contributed by atoms with E-state index in [0.717, 1.165) is 11.4 Å². The largest absolute Gasteiger partial charge is 0.324 e. The van der Waals surface area contributed by atoms with Gasteiger partial charge in [0.2, 0.25) is 5.91 Å². The van der Waals surface area contributed by atoms with E-state index in [4.69, 9.17) is 5.26 Å². The first-order valence-corrected chi connectivity index (χ1v) is 9.00. The van der Waals surface area contributed by atoms with Crippen molar-refractivity contribution in [2.45, 2.75) is 11.6 Å². The number of nitrogens with one attached hydrogen (secondary N) is 1. The molecule has 3 aromatic rings. The van der Waals surface area contributed by atoms with Crippen molar-refractivity contribution in [2.24, 2.45) is 7.05 Å². The van der Waals surface area contributed by atoms with E-state index >= 15 is 0 Å². The average molecular weight is 363 g/mol. The Morgan fingerprint density at radius 3 is 2.65 bits per heavy atom. The number of thioether (sulfide) groups is 1. The van der Waals surface area contributed by atoms with Crippen LogP contribution in [0.1, 0.15) is 17.0 Å². The van der Waals surface area contributed by atoms with Crippen molar-refractivity contribution in [3.8, 4) is 6.07 Å². The van der Waals surface area contributed by atoms with E-state index in [9.17, 15) is 4.79 Å². The second kappa shape index (κ2) is 8.32. The van der Waals surface area contributed by atoms with Crippen LogP contribution in [0.25, 0.3) is 0 Å². The lowest BCUT2D eigenvalue weighted by molar-refractivity contribution is -0.113. The molecule has 0 aliphatic carbocycles. The van der Waals surface area contributed by atoms with E-state index in [-0.39, 0.29) is 11.7 Å². The second-order valence-corrected chi connectivity index (χ2v) is 6.56. The molecule has 3 rings (SSSR count). The first-order chi connectivity index (χ1) is 12.7. The zero-order chi connectivity index (χ0) is 18.4. The number of hydrogen-bond acceptors (Lipinski definition) is 5. The minimum absolute atomic E-state index is 0.190. The lowest BCUT2D eigenvalue weighted by atomic mass is 10.1. The van der Waals surface area contributed by atoms with Crippen LogP contribution in [-0.4, -0.2) is 26.4 Å². The fraction of sp³-hybridized carbons (Fsp3) is 0.158. The molecule has 1 amide bonds. The zero-order valence-electron chi connectivity index (χ0n) is 14.2. The molecular formula is C19H17N5OS. The van der Waals surface area contributed by atoms with Gasteiger partial charge in [0, 0.05) is 13.5 Å². The van der Waals surface area contributed by atoms with Gasteiger partial charge in [-0.05, 0) is 17.7 Å². The molecule has 0 saturated carbocycles. The topological polar surface area (TPSA) is 83.6 Å². The summed E-state index contributed by atoms with van der Waals surface area (Å²) in [6, 6.07) is 19.0. The van der Waals surface area contributed by atoms with Crippen LogP contribution in [0, 0.1) is 11.3 Å². The van der Waals surface area contributed by atoms with Crippen molar-refractivity contribution in [2.75, 3.05) is 11.1 Å². The Kier molecular flexibility index (Phi) is 5.66. The van der Waals surface area contributed by atoms with E-state index in [1.165, 1.54) is 11.8 Å². The molecule has 1 aromatic heterocycles. The fourth-order valence-corrected chi connectivity index (χ4v) is 3.14. The number of carbonyl (C=O) groups excluding carboxylic acids is 1. The van der Waals surface area contributed by atoms with Crippen molar-refractivity contribution >= 4 is 23.4 Å². The minimum Gasteiger partial charge on any atom is -0.324 e. The van der Waals surface area contributed by atoms with Crippen LogP contribution >= 0.6 is 11.8 Å². The number of para-hydroxylation sites is 1. The van der Waals surface area contributed by atoms with Crippen molar-refractivity contribution in [3.63, 3.8) is 0 Å². The highest BCUT2D eigenvalue weighted by atomic mass is 32.2. The normalized spacial score (nSPS) is 10.3. The van der Waals surface area contributed by atoms with E-state index in [1.54, 1.807) is 24.3 Å². The first-order valence-electron chi connectivity index (χ1n) is 8.01. The SMILES string of the molecule is Cn1c(Cc2ccccc2)nnc1SCC(=O)Nc1ccccc1C#N. The molecule has 0 unspecified atom stereocenters. The summed E-state index contributed by atoms with van der Waals surface area (Å²) in [5.74, 6) is 0.844. The summed E-state index contributed by atoms with van der Waals surface area (Å²) in [7, 11) is 1.89. The maximum absolute atomic E-state index is 12.2. The van der Waals surface area contributed by atoms with Crippen molar-refractivity contribution in [1.82, 2.24) is 14.8 Å². The Labute approximate surface area is 155 Å². The van der Waals surface area contributed by atoms with Gasteiger partial charge in [-0.15, -0.1) is 10.2 Å².